The van der Waals surface area contributed by atoms with Crippen molar-refractivity contribution in [3.05, 3.63) is 0 Å². The number of rotatable bonds is 2. The molecule has 2 atom stereocenters. The Morgan fingerprint density at radius 3 is 2.14 bits per heavy atom. The van der Waals surface area contributed by atoms with Crippen molar-refractivity contribution in [3.8, 4) is 0 Å². The summed E-state index contributed by atoms with van der Waals surface area (Å²) in [5.41, 5.74) is 6.40. The summed E-state index contributed by atoms with van der Waals surface area (Å²) in [5.74, 6) is 1.73. The highest BCUT2D eigenvalue weighted by Gasteiger charge is 2.43. The fourth-order valence-corrected chi connectivity index (χ4v) is 3.58. The predicted octanol–water partition coefficient (Wildman–Crippen LogP) is 1.85. The van der Waals surface area contributed by atoms with E-state index in [4.69, 9.17) is 5.73 Å². The SMILES string of the molecule is CC1CC(C)CC(CN)(N2CCC2)C1. The van der Waals surface area contributed by atoms with Gasteiger partial charge in [0.25, 0.3) is 0 Å². The Kier molecular flexibility index (Phi) is 2.85. The third-order valence-corrected chi connectivity index (χ3v) is 4.17. The van der Waals surface area contributed by atoms with Crippen LogP contribution in [0.3, 0.4) is 0 Å². The van der Waals surface area contributed by atoms with Crippen molar-refractivity contribution in [2.75, 3.05) is 19.6 Å². The highest BCUT2D eigenvalue weighted by Crippen LogP contribution is 2.41. The van der Waals surface area contributed by atoms with Gasteiger partial charge in [0, 0.05) is 12.1 Å². The molecule has 1 saturated carbocycles. The largest absolute Gasteiger partial charge is 0.329 e. The van der Waals surface area contributed by atoms with Gasteiger partial charge in [0.1, 0.15) is 0 Å². The lowest BCUT2D eigenvalue weighted by Gasteiger charge is -2.53. The minimum absolute atomic E-state index is 0.370. The fraction of sp³-hybridized carbons (Fsp3) is 1.00. The summed E-state index contributed by atoms with van der Waals surface area (Å²) in [4.78, 5) is 2.64. The summed E-state index contributed by atoms with van der Waals surface area (Å²) in [6, 6.07) is 0. The van der Waals surface area contributed by atoms with Crippen molar-refractivity contribution >= 4 is 0 Å². The Bertz CT molecular complexity index is 188. The molecule has 2 fully saturated rings. The van der Waals surface area contributed by atoms with Gasteiger partial charge in [-0.05, 0) is 50.6 Å². The van der Waals surface area contributed by atoms with Crippen LogP contribution in [0.4, 0.5) is 0 Å². The molecule has 82 valence electrons. The minimum atomic E-state index is 0.370. The number of likely N-dealkylation sites (tertiary alicyclic amines) is 1. The third kappa shape index (κ3) is 1.70. The molecule has 0 aromatic heterocycles. The molecule has 0 radical (unpaired) electrons. The highest BCUT2D eigenvalue weighted by molar-refractivity contribution is 5.00. The normalized spacial score (nSPS) is 44.8. The van der Waals surface area contributed by atoms with Crippen LogP contribution in [-0.2, 0) is 0 Å². The van der Waals surface area contributed by atoms with Crippen molar-refractivity contribution in [2.45, 2.75) is 45.1 Å². The second-order valence-electron chi connectivity index (χ2n) is 5.62. The van der Waals surface area contributed by atoms with Gasteiger partial charge in [-0.3, -0.25) is 4.90 Å². The maximum absolute atomic E-state index is 6.03. The van der Waals surface area contributed by atoms with Crippen LogP contribution in [-0.4, -0.2) is 30.1 Å². The lowest BCUT2D eigenvalue weighted by molar-refractivity contribution is -0.0206. The first-order chi connectivity index (χ1) is 6.66. The zero-order valence-electron chi connectivity index (χ0n) is 9.63. The highest BCUT2D eigenvalue weighted by atomic mass is 15.2. The maximum Gasteiger partial charge on any atom is 0.0336 e. The summed E-state index contributed by atoms with van der Waals surface area (Å²) in [7, 11) is 0. The van der Waals surface area contributed by atoms with Gasteiger partial charge in [-0.15, -0.1) is 0 Å². The molecule has 0 bridgehead atoms. The van der Waals surface area contributed by atoms with Gasteiger partial charge in [-0.25, -0.2) is 0 Å². The topological polar surface area (TPSA) is 29.3 Å². The summed E-state index contributed by atoms with van der Waals surface area (Å²) < 4.78 is 0. The van der Waals surface area contributed by atoms with Crippen LogP contribution < -0.4 is 5.73 Å². The van der Waals surface area contributed by atoms with Gasteiger partial charge < -0.3 is 5.73 Å². The molecule has 2 nitrogen and oxygen atoms in total. The lowest BCUT2D eigenvalue weighted by Crippen LogP contribution is -2.61. The van der Waals surface area contributed by atoms with E-state index in [0.717, 1.165) is 18.4 Å². The molecule has 1 heterocycles. The summed E-state index contributed by atoms with van der Waals surface area (Å²) in [6.07, 6.45) is 5.43. The van der Waals surface area contributed by atoms with Crippen LogP contribution in [0.2, 0.25) is 0 Å². The second kappa shape index (κ2) is 3.82. The average molecular weight is 196 g/mol. The van der Waals surface area contributed by atoms with Crippen LogP contribution in [0.25, 0.3) is 0 Å². The molecule has 1 saturated heterocycles. The molecule has 1 aliphatic heterocycles. The molecular weight excluding hydrogens is 172 g/mol. The van der Waals surface area contributed by atoms with Crippen LogP contribution in [0.5, 0.6) is 0 Å². The first-order valence-electron chi connectivity index (χ1n) is 6.11. The van der Waals surface area contributed by atoms with E-state index in [1.54, 1.807) is 0 Å². The van der Waals surface area contributed by atoms with E-state index in [1.807, 2.05) is 0 Å². The second-order valence-corrected chi connectivity index (χ2v) is 5.62. The molecule has 0 amide bonds. The Labute approximate surface area is 87.8 Å². The molecule has 1 aliphatic carbocycles. The lowest BCUT2D eigenvalue weighted by atomic mass is 9.70. The van der Waals surface area contributed by atoms with E-state index in [-0.39, 0.29) is 0 Å². The van der Waals surface area contributed by atoms with Crippen LogP contribution in [0.15, 0.2) is 0 Å². The third-order valence-electron chi connectivity index (χ3n) is 4.17. The first-order valence-corrected chi connectivity index (χ1v) is 6.11. The van der Waals surface area contributed by atoms with Crippen molar-refractivity contribution in [3.63, 3.8) is 0 Å². The van der Waals surface area contributed by atoms with E-state index in [1.165, 1.54) is 38.8 Å². The zero-order chi connectivity index (χ0) is 10.2. The summed E-state index contributed by atoms with van der Waals surface area (Å²) in [6.45, 7) is 8.22. The molecule has 2 aliphatic rings. The van der Waals surface area contributed by atoms with Gasteiger partial charge >= 0.3 is 0 Å². The molecule has 2 rings (SSSR count). The molecule has 0 spiro atoms. The molecule has 2 heteroatoms. The van der Waals surface area contributed by atoms with Crippen molar-refractivity contribution < 1.29 is 0 Å². The van der Waals surface area contributed by atoms with Crippen molar-refractivity contribution in [1.82, 2.24) is 4.90 Å². The molecule has 2 unspecified atom stereocenters. The molecular formula is C12H24N2. The van der Waals surface area contributed by atoms with E-state index in [2.05, 4.69) is 18.7 Å². The Balaban J connectivity index is 2.08. The van der Waals surface area contributed by atoms with Crippen LogP contribution >= 0.6 is 0 Å². The number of nitrogens with two attached hydrogens (primary N) is 1. The summed E-state index contributed by atoms with van der Waals surface area (Å²) in [5, 5.41) is 0. The monoisotopic (exact) mass is 196 g/mol. The summed E-state index contributed by atoms with van der Waals surface area (Å²) >= 11 is 0. The van der Waals surface area contributed by atoms with Crippen molar-refractivity contribution in [1.29, 1.82) is 0 Å². The van der Waals surface area contributed by atoms with Crippen LogP contribution in [0, 0.1) is 11.8 Å². The van der Waals surface area contributed by atoms with Gasteiger partial charge in [0.05, 0.1) is 0 Å². The Morgan fingerprint density at radius 2 is 1.79 bits per heavy atom. The maximum atomic E-state index is 6.03. The smallest absolute Gasteiger partial charge is 0.0336 e. The fourth-order valence-electron chi connectivity index (χ4n) is 3.58. The minimum Gasteiger partial charge on any atom is -0.329 e. The van der Waals surface area contributed by atoms with Gasteiger partial charge in [-0.2, -0.15) is 0 Å². The number of hydrogen-bond acceptors (Lipinski definition) is 2. The molecule has 0 aromatic rings. The Morgan fingerprint density at radius 1 is 1.21 bits per heavy atom. The predicted molar refractivity (Wildman–Crippen MR) is 60.2 cm³/mol. The average Bonchev–Trinajstić information content (AvgIpc) is 1.98. The number of nitrogens with zero attached hydrogens (tertiary/aromatic N) is 1. The van der Waals surface area contributed by atoms with Gasteiger partial charge in [-0.1, -0.05) is 13.8 Å². The van der Waals surface area contributed by atoms with Gasteiger partial charge in [0.2, 0.25) is 0 Å². The van der Waals surface area contributed by atoms with Crippen molar-refractivity contribution in [2.24, 2.45) is 17.6 Å². The molecule has 0 aromatic carbocycles. The molecule has 14 heavy (non-hydrogen) atoms. The zero-order valence-corrected chi connectivity index (χ0v) is 9.63. The standard InChI is InChI=1S/C12H24N2/c1-10-6-11(2)8-12(7-10,9-13)14-4-3-5-14/h10-11H,3-9,13H2,1-2H3. The van der Waals surface area contributed by atoms with E-state index < -0.39 is 0 Å². The van der Waals surface area contributed by atoms with Crippen LogP contribution in [0.1, 0.15) is 39.5 Å². The Hall–Kier alpha value is -0.0800. The molecule has 2 N–H and O–H groups in total. The van der Waals surface area contributed by atoms with E-state index in [0.29, 0.717) is 5.54 Å². The first kappa shape index (κ1) is 10.4. The quantitative estimate of drug-likeness (QED) is 0.730. The van der Waals surface area contributed by atoms with E-state index >= 15 is 0 Å². The van der Waals surface area contributed by atoms with E-state index in [9.17, 15) is 0 Å². The van der Waals surface area contributed by atoms with Gasteiger partial charge in [0.15, 0.2) is 0 Å². The number of hydrogen-bond donors (Lipinski definition) is 1.